The number of tetrazole rings is 1. The van der Waals surface area contributed by atoms with Crippen LogP contribution in [0.4, 0.5) is 5.82 Å². The minimum absolute atomic E-state index is 0.00620. The van der Waals surface area contributed by atoms with E-state index in [4.69, 9.17) is 10.7 Å². The van der Waals surface area contributed by atoms with E-state index in [0.717, 1.165) is 19.1 Å². The predicted molar refractivity (Wildman–Crippen MR) is 134 cm³/mol. The molecule has 4 aromatic heterocycles. The fourth-order valence-electron chi connectivity index (χ4n) is 5.84. The number of aliphatic hydroxyl groups is 1. The van der Waals surface area contributed by atoms with E-state index < -0.39 is 16.4 Å². The molecule has 2 saturated heterocycles. The van der Waals surface area contributed by atoms with Gasteiger partial charge < -0.3 is 15.7 Å². The molecule has 0 aromatic carbocycles. The zero-order valence-electron chi connectivity index (χ0n) is 20.8. The van der Waals surface area contributed by atoms with Gasteiger partial charge in [0.2, 0.25) is 11.7 Å². The lowest BCUT2D eigenvalue weighted by atomic mass is 9.87. The molecule has 0 saturated carbocycles. The molecule has 6 rings (SSSR count). The molecule has 15 heteroatoms. The van der Waals surface area contributed by atoms with E-state index in [9.17, 15) is 18.3 Å². The Morgan fingerprint density at radius 1 is 1.18 bits per heavy atom. The zero-order chi connectivity index (χ0) is 26.8. The molecule has 0 radical (unpaired) electrons. The van der Waals surface area contributed by atoms with Crippen molar-refractivity contribution in [1.82, 2.24) is 44.7 Å². The Kier molecular flexibility index (Phi) is 5.64. The molecule has 14 nitrogen and oxygen atoms in total. The van der Waals surface area contributed by atoms with Gasteiger partial charge in [0.15, 0.2) is 15.5 Å². The Hall–Kier alpha value is -3.98. The number of hydrogen-bond donors (Lipinski definition) is 2. The second kappa shape index (κ2) is 8.80. The number of nitrogens with two attached hydrogens (primary N) is 1. The molecule has 38 heavy (non-hydrogen) atoms. The molecule has 0 unspecified atom stereocenters. The molecular formula is C23H26N10O4S. The number of nitrogens with zero attached hydrogens (tertiary/aromatic N) is 9. The first-order valence-corrected chi connectivity index (χ1v) is 14.0. The lowest BCUT2D eigenvalue weighted by Gasteiger charge is -2.39. The number of aromatic nitrogens is 8. The normalized spacial score (nSPS) is 21.3. The van der Waals surface area contributed by atoms with Gasteiger partial charge in [-0.3, -0.25) is 9.78 Å². The molecule has 2 fully saturated rings. The average Bonchev–Trinajstić information content (AvgIpc) is 3.58. The molecule has 6 heterocycles. The molecular weight excluding hydrogens is 512 g/mol. The van der Waals surface area contributed by atoms with Crippen LogP contribution in [-0.2, 0) is 21.7 Å². The largest absolute Gasteiger partial charge is 0.387 e. The molecule has 3 atom stereocenters. The van der Waals surface area contributed by atoms with Crippen LogP contribution in [0.5, 0.6) is 0 Å². The maximum absolute atomic E-state index is 12.9. The monoisotopic (exact) mass is 538 g/mol. The van der Waals surface area contributed by atoms with Crippen molar-refractivity contribution in [2.75, 3.05) is 18.6 Å². The van der Waals surface area contributed by atoms with Crippen molar-refractivity contribution in [2.24, 2.45) is 7.05 Å². The van der Waals surface area contributed by atoms with Gasteiger partial charge in [-0.1, -0.05) is 6.07 Å². The van der Waals surface area contributed by atoms with Gasteiger partial charge >= 0.3 is 0 Å². The molecule has 4 aromatic rings. The summed E-state index contributed by atoms with van der Waals surface area (Å²) in [6, 6.07) is 3.43. The van der Waals surface area contributed by atoms with E-state index in [0.29, 0.717) is 46.8 Å². The number of carbonyl (C=O) groups excluding carboxylic acids is 1. The number of pyridine rings is 1. The molecule has 3 N–H and O–H groups in total. The zero-order valence-corrected chi connectivity index (χ0v) is 21.6. The van der Waals surface area contributed by atoms with Gasteiger partial charge in [-0.15, -0.1) is 10.2 Å². The molecule has 2 bridgehead atoms. The third kappa shape index (κ3) is 3.89. The maximum atomic E-state index is 12.9. The summed E-state index contributed by atoms with van der Waals surface area (Å²) in [6.45, 7) is -0.539. The van der Waals surface area contributed by atoms with Gasteiger partial charge in [0, 0.05) is 41.6 Å². The van der Waals surface area contributed by atoms with Gasteiger partial charge in [0.25, 0.3) is 0 Å². The fourth-order valence-corrected chi connectivity index (χ4v) is 6.90. The summed E-state index contributed by atoms with van der Waals surface area (Å²) in [5.74, 6) is -0.138. The summed E-state index contributed by atoms with van der Waals surface area (Å²) in [5.41, 5.74) is 9.13. The maximum Gasteiger partial charge on any atom is 0.248 e. The van der Waals surface area contributed by atoms with Gasteiger partial charge in [0.05, 0.1) is 18.9 Å². The summed E-state index contributed by atoms with van der Waals surface area (Å²) in [6.07, 6.45) is 7.02. The van der Waals surface area contributed by atoms with E-state index in [1.54, 1.807) is 30.4 Å². The minimum atomic E-state index is -3.75. The van der Waals surface area contributed by atoms with Crippen molar-refractivity contribution >= 4 is 27.2 Å². The smallest absolute Gasteiger partial charge is 0.248 e. The number of rotatable bonds is 5. The predicted octanol–water partition coefficient (Wildman–Crippen LogP) is 0.197. The Balaban J connectivity index is 1.44. The summed E-state index contributed by atoms with van der Waals surface area (Å²) in [4.78, 5) is 24.7. The number of carbonyl (C=O) groups is 1. The van der Waals surface area contributed by atoms with Gasteiger partial charge in [-0.25, -0.2) is 13.4 Å². The summed E-state index contributed by atoms with van der Waals surface area (Å²) in [5, 5.41) is 25.7. The second-order valence-electron chi connectivity index (χ2n) is 9.82. The SMILES string of the molecule is Cn1nnc(-c2ccc(-c3cnn4c(N)c(S(C)(=O)=O)c([C@@H]5C[C@H]6CC[C@@H](C5)N6C(=O)CO)nc34)cn2)n1. The Bertz CT molecular complexity index is 1650. The molecule has 2 aliphatic heterocycles. The van der Waals surface area contributed by atoms with Crippen LogP contribution in [0.3, 0.4) is 0 Å². The van der Waals surface area contributed by atoms with Crippen LogP contribution in [0.25, 0.3) is 28.3 Å². The van der Waals surface area contributed by atoms with Crippen LogP contribution in [-0.4, -0.2) is 89.1 Å². The highest BCUT2D eigenvalue weighted by Crippen LogP contribution is 2.45. The van der Waals surface area contributed by atoms with E-state index in [2.05, 4.69) is 25.5 Å². The third-order valence-corrected chi connectivity index (χ3v) is 8.55. The highest BCUT2D eigenvalue weighted by molar-refractivity contribution is 7.91. The molecule has 1 amide bonds. The summed E-state index contributed by atoms with van der Waals surface area (Å²) in [7, 11) is -2.08. The van der Waals surface area contributed by atoms with Crippen LogP contribution in [0.15, 0.2) is 29.4 Å². The van der Waals surface area contributed by atoms with Gasteiger partial charge in [-0.2, -0.15) is 14.4 Å². The number of aryl methyl sites for hydroxylation is 1. The molecule has 2 aliphatic rings. The van der Waals surface area contributed by atoms with Crippen LogP contribution >= 0.6 is 0 Å². The van der Waals surface area contributed by atoms with Gasteiger partial charge in [0.1, 0.15) is 23.0 Å². The number of hydrogen-bond acceptors (Lipinski definition) is 11. The number of amides is 1. The second-order valence-corrected chi connectivity index (χ2v) is 11.8. The third-order valence-electron chi connectivity index (χ3n) is 7.39. The van der Waals surface area contributed by atoms with Crippen molar-refractivity contribution in [3.8, 4) is 22.6 Å². The van der Waals surface area contributed by atoms with E-state index >= 15 is 0 Å². The Morgan fingerprint density at radius 3 is 2.50 bits per heavy atom. The first-order chi connectivity index (χ1) is 18.2. The van der Waals surface area contributed by atoms with Crippen molar-refractivity contribution in [3.05, 3.63) is 30.2 Å². The number of aliphatic hydroxyl groups excluding tert-OH is 1. The number of piperidine rings is 1. The average molecular weight is 539 g/mol. The van der Waals surface area contributed by atoms with Crippen molar-refractivity contribution in [2.45, 2.75) is 48.6 Å². The van der Waals surface area contributed by atoms with E-state index in [-0.39, 0.29) is 34.6 Å². The summed E-state index contributed by atoms with van der Waals surface area (Å²) >= 11 is 0. The van der Waals surface area contributed by atoms with E-state index in [1.807, 2.05) is 6.07 Å². The van der Waals surface area contributed by atoms with Crippen molar-refractivity contribution in [1.29, 1.82) is 0 Å². The number of fused-ring (bicyclic) bond motifs is 3. The minimum Gasteiger partial charge on any atom is -0.387 e. The van der Waals surface area contributed by atoms with Gasteiger partial charge in [-0.05, 0) is 37.0 Å². The Labute approximate surface area is 217 Å². The number of sulfone groups is 1. The highest BCUT2D eigenvalue weighted by Gasteiger charge is 2.45. The highest BCUT2D eigenvalue weighted by atomic mass is 32.2. The number of nitrogen functional groups attached to an aromatic ring is 1. The topological polar surface area (TPSA) is 187 Å². The van der Waals surface area contributed by atoms with E-state index in [1.165, 1.54) is 9.31 Å². The quantitative estimate of drug-likeness (QED) is 0.353. The fraction of sp³-hybridized carbons (Fsp3) is 0.435. The van der Waals surface area contributed by atoms with Crippen molar-refractivity contribution in [3.63, 3.8) is 0 Å². The molecule has 0 aliphatic carbocycles. The lowest BCUT2D eigenvalue weighted by molar-refractivity contribution is -0.138. The van der Waals surface area contributed by atoms with Crippen LogP contribution in [0.2, 0.25) is 0 Å². The first-order valence-electron chi connectivity index (χ1n) is 12.2. The van der Waals surface area contributed by atoms with Crippen LogP contribution in [0, 0.1) is 0 Å². The Morgan fingerprint density at radius 2 is 1.92 bits per heavy atom. The number of anilines is 1. The van der Waals surface area contributed by atoms with Crippen LogP contribution in [0.1, 0.15) is 37.3 Å². The standard InChI is InChI=1S/C23H26N10O4S/c1-31-29-22(28-30-31)17-6-3-12(9-25-17)16-10-26-33-21(24)20(38(2,36)37)19(27-23(16)33)13-7-14-4-5-15(8-13)32(14)18(35)11-34/h3,6,9-10,13-15,34H,4-5,7-8,11,24H2,1-2H3/t13-,14-,15+. The first kappa shape index (κ1) is 24.4. The van der Waals surface area contributed by atoms with Crippen LogP contribution < -0.4 is 5.73 Å². The van der Waals surface area contributed by atoms with Crippen molar-refractivity contribution < 1.29 is 18.3 Å². The lowest BCUT2D eigenvalue weighted by Crippen LogP contribution is -2.47. The molecule has 198 valence electrons. The molecule has 0 spiro atoms. The summed E-state index contributed by atoms with van der Waals surface area (Å²) < 4.78 is 27.2.